The van der Waals surface area contributed by atoms with E-state index in [1.165, 1.54) is 0 Å². The topological polar surface area (TPSA) is 51.8 Å². The molecule has 0 aliphatic heterocycles. The third kappa shape index (κ3) is 3.09. The van der Waals surface area contributed by atoms with Crippen molar-refractivity contribution in [3.63, 3.8) is 0 Å². The van der Waals surface area contributed by atoms with Gasteiger partial charge in [0, 0.05) is 24.4 Å². The standard InChI is InChI=1S/C8H13N3/c1-8(2,9)6-7-10-4-3-5-11-7/h3-5H,6,9H2,1-2H3. The highest BCUT2D eigenvalue weighted by atomic mass is 14.9. The Kier molecular flexibility index (Phi) is 2.19. The van der Waals surface area contributed by atoms with Gasteiger partial charge in [-0.25, -0.2) is 9.97 Å². The molecule has 0 fully saturated rings. The number of hydrogen-bond donors (Lipinski definition) is 1. The largest absolute Gasteiger partial charge is 0.325 e. The minimum absolute atomic E-state index is 0.221. The van der Waals surface area contributed by atoms with Crippen LogP contribution in [0.5, 0.6) is 0 Å². The third-order valence-electron chi connectivity index (χ3n) is 1.23. The van der Waals surface area contributed by atoms with Crippen LogP contribution < -0.4 is 5.73 Å². The summed E-state index contributed by atoms with van der Waals surface area (Å²) in [5.74, 6) is 0.806. The zero-order valence-corrected chi connectivity index (χ0v) is 6.91. The second-order valence-electron chi connectivity index (χ2n) is 3.33. The van der Waals surface area contributed by atoms with Gasteiger partial charge in [0.15, 0.2) is 0 Å². The molecule has 0 aliphatic rings. The van der Waals surface area contributed by atoms with Gasteiger partial charge in [0.25, 0.3) is 0 Å². The van der Waals surface area contributed by atoms with E-state index in [0.29, 0.717) is 6.42 Å². The molecule has 1 aromatic heterocycles. The molecule has 0 saturated carbocycles. The van der Waals surface area contributed by atoms with Gasteiger partial charge in [0.2, 0.25) is 0 Å². The lowest BCUT2D eigenvalue weighted by atomic mass is 10.0. The zero-order valence-electron chi connectivity index (χ0n) is 6.91. The predicted molar refractivity (Wildman–Crippen MR) is 44.0 cm³/mol. The molecule has 0 saturated heterocycles. The summed E-state index contributed by atoms with van der Waals surface area (Å²) in [5, 5.41) is 0. The van der Waals surface area contributed by atoms with Gasteiger partial charge in [0.05, 0.1) is 0 Å². The number of rotatable bonds is 2. The normalized spacial score (nSPS) is 11.5. The lowest BCUT2D eigenvalue weighted by Crippen LogP contribution is -2.35. The van der Waals surface area contributed by atoms with Gasteiger partial charge in [0.1, 0.15) is 5.82 Å². The van der Waals surface area contributed by atoms with Crippen LogP contribution in [-0.4, -0.2) is 15.5 Å². The zero-order chi connectivity index (χ0) is 8.32. The molecule has 3 nitrogen and oxygen atoms in total. The minimum atomic E-state index is -0.221. The molecule has 0 radical (unpaired) electrons. The predicted octanol–water partition coefficient (Wildman–Crippen LogP) is 0.756. The van der Waals surface area contributed by atoms with Crippen molar-refractivity contribution < 1.29 is 0 Å². The minimum Gasteiger partial charge on any atom is -0.325 e. The second kappa shape index (κ2) is 2.96. The summed E-state index contributed by atoms with van der Waals surface area (Å²) >= 11 is 0. The first-order valence-electron chi connectivity index (χ1n) is 3.63. The highest BCUT2D eigenvalue weighted by Gasteiger charge is 2.12. The second-order valence-corrected chi connectivity index (χ2v) is 3.33. The highest BCUT2D eigenvalue weighted by molar-refractivity contribution is 4.94. The van der Waals surface area contributed by atoms with Crippen molar-refractivity contribution in [1.29, 1.82) is 0 Å². The number of nitrogens with two attached hydrogens (primary N) is 1. The average molecular weight is 151 g/mol. The van der Waals surface area contributed by atoms with E-state index in [9.17, 15) is 0 Å². The van der Waals surface area contributed by atoms with Gasteiger partial charge in [-0.15, -0.1) is 0 Å². The van der Waals surface area contributed by atoms with Gasteiger partial charge in [-0.1, -0.05) is 0 Å². The van der Waals surface area contributed by atoms with E-state index in [0.717, 1.165) is 5.82 Å². The van der Waals surface area contributed by atoms with Crippen molar-refractivity contribution in [1.82, 2.24) is 9.97 Å². The SMILES string of the molecule is CC(C)(N)Cc1ncccn1. The molecule has 11 heavy (non-hydrogen) atoms. The Balaban J connectivity index is 2.66. The van der Waals surface area contributed by atoms with Crippen molar-refractivity contribution in [3.05, 3.63) is 24.3 Å². The molecule has 2 N–H and O–H groups in total. The monoisotopic (exact) mass is 151 g/mol. The van der Waals surface area contributed by atoms with Crippen LogP contribution >= 0.6 is 0 Å². The Morgan fingerprint density at radius 3 is 2.36 bits per heavy atom. The van der Waals surface area contributed by atoms with E-state index in [1.807, 2.05) is 13.8 Å². The first kappa shape index (κ1) is 8.14. The fourth-order valence-corrected chi connectivity index (χ4v) is 0.829. The molecule has 3 heteroatoms. The van der Waals surface area contributed by atoms with Crippen molar-refractivity contribution in [2.45, 2.75) is 25.8 Å². The first-order valence-corrected chi connectivity index (χ1v) is 3.63. The third-order valence-corrected chi connectivity index (χ3v) is 1.23. The quantitative estimate of drug-likeness (QED) is 0.678. The molecule has 0 amide bonds. The average Bonchev–Trinajstić information content (AvgIpc) is 1.85. The van der Waals surface area contributed by atoms with Gasteiger partial charge in [-0.2, -0.15) is 0 Å². The molecule has 60 valence electrons. The number of nitrogens with zero attached hydrogens (tertiary/aromatic N) is 2. The van der Waals surface area contributed by atoms with Gasteiger partial charge >= 0.3 is 0 Å². The maximum atomic E-state index is 5.79. The number of hydrogen-bond acceptors (Lipinski definition) is 3. The van der Waals surface area contributed by atoms with Crippen LogP contribution in [0, 0.1) is 0 Å². The molecule has 1 heterocycles. The Labute approximate surface area is 66.7 Å². The molecule has 0 unspecified atom stereocenters. The Bertz CT molecular complexity index is 213. The van der Waals surface area contributed by atoms with Crippen LogP contribution in [0.4, 0.5) is 0 Å². The van der Waals surface area contributed by atoms with E-state index in [-0.39, 0.29) is 5.54 Å². The fourth-order valence-electron chi connectivity index (χ4n) is 0.829. The summed E-state index contributed by atoms with van der Waals surface area (Å²) in [5.41, 5.74) is 5.57. The van der Waals surface area contributed by atoms with Crippen LogP contribution in [0.2, 0.25) is 0 Å². The summed E-state index contributed by atoms with van der Waals surface area (Å²) in [6.07, 6.45) is 4.18. The smallest absolute Gasteiger partial charge is 0.130 e. The molecule has 0 atom stereocenters. The van der Waals surface area contributed by atoms with E-state index in [4.69, 9.17) is 5.73 Å². The summed E-state index contributed by atoms with van der Waals surface area (Å²) in [4.78, 5) is 8.15. The first-order chi connectivity index (χ1) is 5.08. The van der Waals surface area contributed by atoms with Crippen LogP contribution in [0.3, 0.4) is 0 Å². The van der Waals surface area contributed by atoms with E-state index in [1.54, 1.807) is 18.5 Å². The maximum Gasteiger partial charge on any atom is 0.130 e. The Morgan fingerprint density at radius 2 is 1.91 bits per heavy atom. The van der Waals surface area contributed by atoms with Gasteiger partial charge in [-0.05, 0) is 19.9 Å². The molecule has 1 aromatic rings. The Morgan fingerprint density at radius 1 is 1.36 bits per heavy atom. The van der Waals surface area contributed by atoms with Crippen LogP contribution in [0.1, 0.15) is 19.7 Å². The van der Waals surface area contributed by atoms with E-state index >= 15 is 0 Å². The Hall–Kier alpha value is -0.960. The molecular weight excluding hydrogens is 138 g/mol. The highest BCUT2D eigenvalue weighted by Crippen LogP contribution is 2.03. The summed E-state index contributed by atoms with van der Waals surface area (Å²) in [6, 6.07) is 1.80. The molecule has 1 rings (SSSR count). The van der Waals surface area contributed by atoms with Crippen LogP contribution in [0.25, 0.3) is 0 Å². The number of aromatic nitrogens is 2. The van der Waals surface area contributed by atoms with Crippen LogP contribution in [0.15, 0.2) is 18.5 Å². The van der Waals surface area contributed by atoms with E-state index < -0.39 is 0 Å². The van der Waals surface area contributed by atoms with Gasteiger partial charge in [-0.3, -0.25) is 0 Å². The van der Waals surface area contributed by atoms with E-state index in [2.05, 4.69) is 9.97 Å². The summed E-state index contributed by atoms with van der Waals surface area (Å²) in [6.45, 7) is 3.92. The van der Waals surface area contributed by atoms with Crippen molar-refractivity contribution in [2.24, 2.45) is 5.73 Å². The fraction of sp³-hybridized carbons (Fsp3) is 0.500. The molecule has 0 spiro atoms. The summed E-state index contributed by atoms with van der Waals surface area (Å²) < 4.78 is 0. The van der Waals surface area contributed by atoms with Crippen LogP contribution in [-0.2, 0) is 6.42 Å². The van der Waals surface area contributed by atoms with Crippen molar-refractivity contribution in [2.75, 3.05) is 0 Å². The van der Waals surface area contributed by atoms with Gasteiger partial charge < -0.3 is 5.73 Å². The molecule has 0 aromatic carbocycles. The lowest BCUT2D eigenvalue weighted by Gasteiger charge is -2.16. The molecular formula is C8H13N3. The lowest BCUT2D eigenvalue weighted by molar-refractivity contribution is 0.502. The molecule has 0 aliphatic carbocycles. The molecule has 0 bridgehead atoms. The maximum absolute atomic E-state index is 5.79. The van der Waals surface area contributed by atoms with Crippen molar-refractivity contribution >= 4 is 0 Å². The summed E-state index contributed by atoms with van der Waals surface area (Å²) in [7, 11) is 0. The van der Waals surface area contributed by atoms with Crippen molar-refractivity contribution in [3.8, 4) is 0 Å².